The second kappa shape index (κ2) is 9.03. The molecule has 1 spiro atoms. The minimum absolute atomic E-state index is 0.0186. The standard InChI is InChI=1S/C27H35N5O3/c33-25(20-13-5-7-15-22(20)32(34)35)30-23-16-8-6-14-21(23)27(17-9-2-10-18-27)31-26(30)28-24(29-31)19-11-3-1-4-12-19/h5,7,13,15,19,21,23H,1-4,6,8-12,14,16-18H2/t21-,23+/m1/s1. The van der Waals surface area contributed by atoms with Gasteiger partial charge in [0, 0.05) is 23.9 Å². The normalized spacial score (nSPS) is 26.2. The zero-order chi connectivity index (χ0) is 24.0. The Balaban J connectivity index is 1.51. The first-order valence-corrected chi connectivity index (χ1v) is 13.6. The summed E-state index contributed by atoms with van der Waals surface area (Å²) in [4.78, 5) is 32.4. The van der Waals surface area contributed by atoms with Gasteiger partial charge in [0.1, 0.15) is 5.56 Å². The van der Waals surface area contributed by atoms with Crippen LogP contribution in [0, 0.1) is 16.0 Å². The monoisotopic (exact) mass is 477 g/mol. The molecule has 1 aromatic carbocycles. The molecular formula is C27H35N5O3. The second-order valence-electron chi connectivity index (χ2n) is 11.1. The lowest BCUT2D eigenvalue weighted by molar-refractivity contribution is -0.385. The molecule has 2 heterocycles. The molecule has 186 valence electrons. The van der Waals surface area contributed by atoms with Gasteiger partial charge in [0.15, 0.2) is 5.82 Å². The molecule has 1 aromatic heterocycles. The fourth-order valence-electron chi connectivity index (χ4n) is 7.59. The molecule has 3 saturated carbocycles. The summed E-state index contributed by atoms with van der Waals surface area (Å²) >= 11 is 0. The number of nitro groups is 1. The van der Waals surface area contributed by atoms with Crippen molar-refractivity contribution >= 4 is 17.5 Å². The number of hydrogen-bond acceptors (Lipinski definition) is 5. The molecule has 0 saturated heterocycles. The van der Waals surface area contributed by atoms with Crippen molar-refractivity contribution in [3.05, 3.63) is 45.8 Å². The number of aromatic nitrogens is 3. The fraction of sp³-hybridized carbons (Fsp3) is 0.667. The summed E-state index contributed by atoms with van der Waals surface area (Å²) in [5, 5.41) is 17.0. The van der Waals surface area contributed by atoms with Gasteiger partial charge < -0.3 is 0 Å². The van der Waals surface area contributed by atoms with Crippen molar-refractivity contribution in [2.75, 3.05) is 4.90 Å². The van der Waals surface area contributed by atoms with Crippen LogP contribution in [0.2, 0.25) is 0 Å². The quantitative estimate of drug-likeness (QED) is 0.392. The molecule has 8 nitrogen and oxygen atoms in total. The summed E-state index contributed by atoms with van der Waals surface area (Å²) in [6, 6.07) is 6.37. The number of hydrogen-bond donors (Lipinski definition) is 0. The maximum Gasteiger partial charge on any atom is 0.282 e. The molecule has 4 aliphatic rings. The van der Waals surface area contributed by atoms with Crippen LogP contribution in [0.1, 0.15) is 112 Å². The van der Waals surface area contributed by atoms with Crippen LogP contribution in [0.3, 0.4) is 0 Å². The number of benzene rings is 1. The van der Waals surface area contributed by atoms with Crippen LogP contribution in [0.5, 0.6) is 0 Å². The maximum atomic E-state index is 14.1. The summed E-state index contributed by atoms with van der Waals surface area (Å²) in [7, 11) is 0. The van der Waals surface area contributed by atoms with Gasteiger partial charge in [-0.25, -0.2) is 4.68 Å². The van der Waals surface area contributed by atoms with E-state index in [9.17, 15) is 14.9 Å². The first kappa shape index (κ1) is 22.7. The fourth-order valence-corrected chi connectivity index (χ4v) is 7.59. The lowest BCUT2D eigenvalue weighted by Crippen LogP contribution is -2.61. The SMILES string of the molecule is O=C(c1ccccc1[N+](=O)[O-])N1c2nc(C3CCCCC3)nn2C2(CCCCC2)[C@@H]2CCCC[C@@H]21. The van der Waals surface area contributed by atoms with E-state index in [1.165, 1.54) is 44.6 Å². The number of rotatable bonds is 3. The van der Waals surface area contributed by atoms with Gasteiger partial charge in [0.25, 0.3) is 11.6 Å². The van der Waals surface area contributed by atoms with Crippen LogP contribution in [0.4, 0.5) is 11.6 Å². The number of fused-ring (bicyclic) bond motifs is 4. The molecule has 1 amide bonds. The number of nitrogens with zero attached hydrogens (tertiary/aromatic N) is 5. The predicted octanol–water partition coefficient (Wildman–Crippen LogP) is 6.11. The van der Waals surface area contributed by atoms with Gasteiger partial charge in [0.2, 0.25) is 5.95 Å². The van der Waals surface area contributed by atoms with E-state index in [2.05, 4.69) is 4.68 Å². The molecule has 35 heavy (non-hydrogen) atoms. The summed E-state index contributed by atoms with van der Waals surface area (Å²) in [6.45, 7) is 0. The van der Waals surface area contributed by atoms with Gasteiger partial charge in [-0.3, -0.25) is 19.8 Å². The molecule has 6 rings (SSSR count). The Morgan fingerprint density at radius 2 is 1.63 bits per heavy atom. The summed E-state index contributed by atoms with van der Waals surface area (Å²) in [5.41, 5.74) is -0.0746. The van der Waals surface area contributed by atoms with E-state index < -0.39 is 4.92 Å². The highest BCUT2D eigenvalue weighted by atomic mass is 16.6. The van der Waals surface area contributed by atoms with Crippen LogP contribution >= 0.6 is 0 Å². The average molecular weight is 478 g/mol. The number of anilines is 1. The summed E-state index contributed by atoms with van der Waals surface area (Å²) < 4.78 is 2.15. The lowest BCUT2D eigenvalue weighted by atomic mass is 9.64. The molecule has 8 heteroatoms. The lowest BCUT2D eigenvalue weighted by Gasteiger charge is -2.55. The average Bonchev–Trinajstić information content (AvgIpc) is 3.36. The number of carbonyl (C=O) groups is 1. The van der Waals surface area contributed by atoms with Crippen molar-refractivity contribution in [3.63, 3.8) is 0 Å². The van der Waals surface area contributed by atoms with Crippen molar-refractivity contribution in [1.82, 2.24) is 14.8 Å². The zero-order valence-corrected chi connectivity index (χ0v) is 20.4. The molecule has 0 N–H and O–H groups in total. The minimum atomic E-state index is -0.448. The molecule has 0 unspecified atom stereocenters. The second-order valence-corrected chi connectivity index (χ2v) is 11.1. The van der Waals surface area contributed by atoms with E-state index in [0.717, 1.165) is 57.2 Å². The third-order valence-corrected chi connectivity index (χ3v) is 9.23. The molecular weight excluding hydrogens is 442 g/mol. The van der Waals surface area contributed by atoms with Gasteiger partial charge in [0.05, 0.1) is 10.5 Å². The first-order chi connectivity index (χ1) is 17.1. The molecule has 1 aliphatic heterocycles. The highest BCUT2D eigenvalue weighted by molar-refractivity contribution is 6.08. The van der Waals surface area contributed by atoms with Crippen molar-refractivity contribution in [1.29, 1.82) is 0 Å². The van der Waals surface area contributed by atoms with Gasteiger partial charge in [-0.15, -0.1) is 0 Å². The van der Waals surface area contributed by atoms with Gasteiger partial charge in [-0.05, 0) is 44.6 Å². The Labute approximate surface area is 206 Å². The molecule has 3 aliphatic carbocycles. The molecule has 0 radical (unpaired) electrons. The third kappa shape index (κ3) is 3.67. The Morgan fingerprint density at radius 1 is 0.943 bits per heavy atom. The van der Waals surface area contributed by atoms with Crippen LogP contribution in [0.15, 0.2) is 24.3 Å². The third-order valence-electron chi connectivity index (χ3n) is 9.23. The van der Waals surface area contributed by atoms with Gasteiger partial charge >= 0.3 is 0 Å². The van der Waals surface area contributed by atoms with E-state index in [1.807, 2.05) is 4.90 Å². The topological polar surface area (TPSA) is 94.2 Å². The molecule has 2 atom stereocenters. The molecule has 2 aromatic rings. The van der Waals surface area contributed by atoms with Crippen LogP contribution < -0.4 is 4.90 Å². The molecule has 0 bridgehead atoms. The summed E-state index contributed by atoms with van der Waals surface area (Å²) in [6.07, 6.45) is 15.9. The number of nitro benzene ring substituents is 1. The Kier molecular flexibility index (Phi) is 5.85. The van der Waals surface area contributed by atoms with Crippen molar-refractivity contribution in [2.24, 2.45) is 5.92 Å². The molecule has 3 fully saturated rings. The van der Waals surface area contributed by atoms with Crippen LogP contribution in [-0.2, 0) is 5.54 Å². The highest BCUT2D eigenvalue weighted by Gasteiger charge is 2.55. The van der Waals surface area contributed by atoms with Crippen molar-refractivity contribution < 1.29 is 9.72 Å². The predicted molar refractivity (Wildman–Crippen MR) is 133 cm³/mol. The van der Waals surface area contributed by atoms with E-state index >= 15 is 0 Å². The summed E-state index contributed by atoms with van der Waals surface area (Å²) in [5.74, 6) is 1.87. The van der Waals surface area contributed by atoms with E-state index in [-0.39, 0.29) is 28.7 Å². The van der Waals surface area contributed by atoms with E-state index in [1.54, 1.807) is 18.2 Å². The van der Waals surface area contributed by atoms with Crippen LogP contribution in [-0.4, -0.2) is 31.6 Å². The van der Waals surface area contributed by atoms with Crippen LogP contribution in [0.25, 0.3) is 0 Å². The largest absolute Gasteiger partial charge is 0.282 e. The Bertz CT molecular complexity index is 1120. The maximum absolute atomic E-state index is 14.1. The number of carbonyl (C=O) groups excluding carboxylic acids is 1. The van der Waals surface area contributed by atoms with E-state index in [0.29, 0.717) is 17.8 Å². The van der Waals surface area contributed by atoms with Gasteiger partial charge in [-0.1, -0.05) is 63.5 Å². The zero-order valence-electron chi connectivity index (χ0n) is 20.4. The van der Waals surface area contributed by atoms with Gasteiger partial charge in [-0.2, -0.15) is 10.1 Å². The highest BCUT2D eigenvalue weighted by Crippen LogP contribution is 2.53. The smallest absolute Gasteiger partial charge is 0.273 e. The number of para-hydroxylation sites is 1. The number of amides is 1. The van der Waals surface area contributed by atoms with E-state index in [4.69, 9.17) is 10.1 Å². The minimum Gasteiger partial charge on any atom is -0.273 e. The Morgan fingerprint density at radius 3 is 2.40 bits per heavy atom. The van der Waals surface area contributed by atoms with Crippen molar-refractivity contribution in [2.45, 2.75) is 107 Å². The van der Waals surface area contributed by atoms with Crippen molar-refractivity contribution in [3.8, 4) is 0 Å². The Hall–Kier alpha value is -2.77. The first-order valence-electron chi connectivity index (χ1n) is 13.6.